The Hall–Kier alpha value is -0.320. The summed E-state index contributed by atoms with van der Waals surface area (Å²) in [5.41, 5.74) is 0. The molecule has 0 saturated carbocycles. The third-order valence-electron chi connectivity index (χ3n) is 2.09. The first kappa shape index (κ1) is 11.8. The van der Waals surface area contributed by atoms with E-state index in [9.17, 15) is 0 Å². The molecule has 3 atom stereocenters. The van der Waals surface area contributed by atoms with Crippen LogP contribution in [0.5, 0.6) is 0 Å². The maximum atomic E-state index is 9.13. The van der Waals surface area contributed by atoms with Crippen molar-refractivity contribution < 1.29 is 40.5 Å². The summed E-state index contributed by atoms with van der Waals surface area (Å²) >= 11 is 0. The third kappa shape index (κ3) is 1.51. The van der Waals surface area contributed by atoms with E-state index in [4.69, 9.17) is 35.7 Å². The fraction of sp³-hybridized carbons (Fsp3) is 1.00. The monoisotopic (exact) mass is 212 g/mol. The van der Waals surface area contributed by atoms with Gasteiger partial charge in [0.15, 0.2) is 0 Å². The predicted molar refractivity (Wildman–Crippen MR) is 38.3 cm³/mol. The summed E-state index contributed by atoms with van der Waals surface area (Å²) in [4.78, 5) is 0. The molecule has 1 heterocycles. The summed E-state index contributed by atoms with van der Waals surface area (Å²) in [6.07, 6.45) is -5.64. The Morgan fingerprint density at radius 1 is 1.07 bits per heavy atom. The maximum absolute atomic E-state index is 9.13. The Balaban J connectivity index is 2.95. The Morgan fingerprint density at radius 2 is 1.57 bits per heavy atom. The highest BCUT2D eigenvalue weighted by molar-refractivity contribution is 4.96. The normalized spacial score (nSPS) is 40.9. The molecule has 1 saturated heterocycles. The molecular weight excluding hydrogens is 200 g/mol. The van der Waals surface area contributed by atoms with Crippen LogP contribution in [-0.2, 0) is 4.74 Å². The van der Waals surface area contributed by atoms with Crippen LogP contribution < -0.4 is 0 Å². The van der Waals surface area contributed by atoms with E-state index in [1.807, 2.05) is 0 Å². The van der Waals surface area contributed by atoms with Gasteiger partial charge in [-0.05, 0) is 0 Å². The van der Waals surface area contributed by atoms with Crippen LogP contribution in [0.15, 0.2) is 0 Å². The highest BCUT2D eigenvalue weighted by Crippen LogP contribution is 2.32. The van der Waals surface area contributed by atoms with Gasteiger partial charge in [0.1, 0.15) is 18.3 Å². The topological polar surface area (TPSA) is 151 Å². The van der Waals surface area contributed by atoms with Gasteiger partial charge in [-0.25, -0.2) is 0 Å². The lowest BCUT2D eigenvalue weighted by atomic mass is 9.94. The van der Waals surface area contributed by atoms with Crippen molar-refractivity contribution in [3.05, 3.63) is 0 Å². The van der Waals surface area contributed by atoms with Gasteiger partial charge >= 0.3 is 5.97 Å². The van der Waals surface area contributed by atoms with Crippen molar-refractivity contribution in [1.82, 2.24) is 0 Å². The number of hydrogen-bond donors (Lipinski definition) is 7. The fourth-order valence-electron chi connectivity index (χ4n) is 1.15. The number of hydrogen-bond acceptors (Lipinski definition) is 8. The minimum atomic E-state index is -3.46. The summed E-state index contributed by atoms with van der Waals surface area (Å²) in [6.45, 7) is -0.822. The molecule has 0 radical (unpaired) electrons. The second-order valence-corrected chi connectivity index (χ2v) is 3.11. The molecule has 0 bridgehead atoms. The van der Waals surface area contributed by atoms with E-state index in [1.54, 1.807) is 0 Å². The molecule has 0 aromatic heterocycles. The van der Waals surface area contributed by atoms with Crippen LogP contribution >= 0.6 is 0 Å². The lowest BCUT2D eigenvalue weighted by molar-refractivity contribution is -0.515. The van der Waals surface area contributed by atoms with Gasteiger partial charge in [-0.2, -0.15) is 0 Å². The number of rotatable bonds is 1. The molecule has 0 spiro atoms. The Morgan fingerprint density at radius 3 is 2.00 bits per heavy atom. The molecule has 1 rings (SSSR count). The van der Waals surface area contributed by atoms with Gasteiger partial charge in [0.2, 0.25) is 0 Å². The van der Waals surface area contributed by atoms with Crippen molar-refractivity contribution in [2.24, 2.45) is 0 Å². The standard InChI is InChI=1S/C6H12O8/c7-1-2-3(8)4(9)5(10,11)6(12,13)14-2/h2-4,7-13H,1H2. The van der Waals surface area contributed by atoms with Gasteiger partial charge in [0.05, 0.1) is 6.61 Å². The van der Waals surface area contributed by atoms with E-state index in [0.29, 0.717) is 0 Å². The van der Waals surface area contributed by atoms with Crippen LogP contribution in [0.2, 0.25) is 0 Å². The van der Waals surface area contributed by atoms with Gasteiger partial charge in [0.25, 0.3) is 5.79 Å². The summed E-state index contributed by atoms with van der Waals surface area (Å²) < 4.78 is 4.17. The van der Waals surface area contributed by atoms with Crippen LogP contribution in [0.4, 0.5) is 0 Å². The van der Waals surface area contributed by atoms with Gasteiger partial charge in [-0.1, -0.05) is 0 Å². The average molecular weight is 212 g/mol. The fourth-order valence-corrected chi connectivity index (χ4v) is 1.15. The average Bonchev–Trinajstić information content (AvgIpc) is 2.09. The summed E-state index contributed by atoms with van der Waals surface area (Å²) in [5, 5.41) is 62.7. The van der Waals surface area contributed by atoms with E-state index in [-0.39, 0.29) is 0 Å². The second-order valence-electron chi connectivity index (χ2n) is 3.11. The minimum absolute atomic E-state index is 0.822. The van der Waals surface area contributed by atoms with Gasteiger partial charge in [0, 0.05) is 0 Å². The van der Waals surface area contributed by atoms with E-state index in [1.165, 1.54) is 0 Å². The van der Waals surface area contributed by atoms with Gasteiger partial charge in [-0.3, -0.25) is 0 Å². The number of ether oxygens (including phenoxy) is 1. The molecule has 0 aromatic rings. The predicted octanol–water partition coefficient (Wildman–Crippen LogP) is -4.58. The molecule has 1 fully saturated rings. The van der Waals surface area contributed by atoms with Crippen molar-refractivity contribution in [3.63, 3.8) is 0 Å². The highest BCUT2D eigenvalue weighted by Gasteiger charge is 2.63. The minimum Gasteiger partial charge on any atom is -0.394 e. The molecule has 0 aliphatic carbocycles. The van der Waals surface area contributed by atoms with Crippen molar-refractivity contribution in [2.75, 3.05) is 6.61 Å². The smallest absolute Gasteiger partial charge is 0.338 e. The van der Waals surface area contributed by atoms with Crippen molar-refractivity contribution in [3.8, 4) is 0 Å². The van der Waals surface area contributed by atoms with E-state index in [2.05, 4.69) is 4.74 Å². The van der Waals surface area contributed by atoms with E-state index >= 15 is 0 Å². The van der Waals surface area contributed by atoms with Crippen LogP contribution in [0.3, 0.4) is 0 Å². The lowest BCUT2D eigenvalue weighted by Crippen LogP contribution is -2.73. The van der Waals surface area contributed by atoms with Crippen LogP contribution in [0.25, 0.3) is 0 Å². The first-order valence-corrected chi connectivity index (χ1v) is 3.78. The molecule has 14 heavy (non-hydrogen) atoms. The van der Waals surface area contributed by atoms with Crippen molar-refractivity contribution >= 4 is 0 Å². The van der Waals surface area contributed by atoms with Crippen LogP contribution in [0, 0.1) is 0 Å². The van der Waals surface area contributed by atoms with Gasteiger partial charge in [-0.15, -0.1) is 0 Å². The molecule has 8 heteroatoms. The first-order chi connectivity index (χ1) is 6.24. The van der Waals surface area contributed by atoms with Crippen LogP contribution in [0.1, 0.15) is 0 Å². The first-order valence-electron chi connectivity index (χ1n) is 3.78. The van der Waals surface area contributed by atoms with Crippen molar-refractivity contribution in [1.29, 1.82) is 0 Å². The Bertz CT molecular complexity index is 214. The lowest BCUT2D eigenvalue weighted by Gasteiger charge is -2.46. The largest absolute Gasteiger partial charge is 0.394 e. The molecule has 8 nitrogen and oxygen atoms in total. The zero-order valence-corrected chi connectivity index (χ0v) is 6.98. The summed E-state index contributed by atoms with van der Waals surface area (Å²) in [7, 11) is 0. The van der Waals surface area contributed by atoms with E-state index < -0.39 is 36.7 Å². The Labute approximate surface area is 78.2 Å². The quantitative estimate of drug-likeness (QED) is 0.214. The van der Waals surface area contributed by atoms with Gasteiger partial charge < -0.3 is 40.5 Å². The second kappa shape index (κ2) is 3.36. The molecule has 1 aliphatic heterocycles. The molecule has 84 valence electrons. The summed E-state index contributed by atoms with van der Waals surface area (Å²) in [5.74, 6) is -6.89. The van der Waals surface area contributed by atoms with E-state index in [0.717, 1.165) is 0 Å². The number of aliphatic hydroxyl groups is 7. The zero-order chi connectivity index (χ0) is 11.1. The zero-order valence-electron chi connectivity index (χ0n) is 6.98. The van der Waals surface area contributed by atoms with Crippen LogP contribution in [-0.4, -0.2) is 72.4 Å². The molecule has 3 unspecified atom stereocenters. The molecule has 0 amide bonds. The molecule has 7 N–H and O–H groups in total. The maximum Gasteiger partial charge on any atom is 0.338 e. The molecule has 0 aromatic carbocycles. The molecular formula is C6H12O8. The Kier molecular flexibility index (Phi) is 2.82. The molecule has 1 aliphatic rings. The van der Waals surface area contributed by atoms with Crippen molar-refractivity contribution in [2.45, 2.75) is 30.1 Å². The third-order valence-corrected chi connectivity index (χ3v) is 2.09. The number of aliphatic hydroxyl groups excluding tert-OH is 3. The summed E-state index contributed by atoms with van der Waals surface area (Å²) in [6, 6.07) is 0. The SMILES string of the molecule is OCC1OC(O)(O)C(O)(O)C(O)C1O. The highest BCUT2D eigenvalue weighted by atomic mass is 16.8.